The Balaban J connectivity index is 1.68. The second kappa shape index (κ2) is 6.71. The lowest BCUT2D eigenvalue weighted by Gasteiger charge is -2.12. The topological polar surface area (TPSA) is 59.9 Å². The summed E-state index contributed by atoms with van der Waals surface area (Å²) in [5.41, 5.74) is 2.20. The van der Waals surface area contributed by atoms with E-state index in [1.165, 1.54) is 7.11 Å². The lowest BCUT2D eigenvalue weighted by Crippen LogP contribution is -2.28. The fraction of sp³-hybridized carbons (Fsp3) is 0.176. The second-order valence-electron chi connectivity index (χ2n) is 5.04. The normalized spacial score (nSPS) is 16.4. The van der Waals surface area contributed by atoms with E-state index in [0.29, 0.717) is 22.9 Å². The van der Waals surface area contributed by atoms with Crippen molar-refractivity contribution in [3.8, 4) is 5.75 Å². The molecule has 0 radical (unpaired) electrons. The summed E-state index contributed by atoms with van der Waals surface area (Å²) in [5, 5.41) is 7.29. The van der Waals surface area contributed by atoms with E-state index >= 15 is 0 Å². The van der Waals surface area contributed by atoms with Gasteiger partial charge in [-0.05, 0) is 23.8 Å². The first kappa shape index (κ1) is 15.4. The van der Waals surface area contributed by atoms with Crippen LogP contribution in [-0.2, 0) is 9.63 Å². The number of ether oxygens (including phenoxy) is 1. The Morgan fingerprint density at radius 3 is 2.83 bits per heavy atom. The van der Waals surface area contributed by atoms with Gasteiger partial charge >= 0.3 is 0 Å². The number of anilines is 1. The molecule has 0 aromatic heterocycles. The van der Waals surface area contributed by atoms with Crippen LogP contribution in [0.1, 0.15) is 12.0 Å². The maximum atomic E-state index is 12.4. The second-order valence-corrected chi connectivity index (χ2v) is 5.47. The number of halogens is 1. The van der Waals surface area contributed by atoms with E-state index in [4.69, 9.17) is 21.2 Å². The summed E-state index contributed by atoms with van der Waals surface area (Å²) in [6.45, 7) is 0. The summed E-state index contributed by atoms with van der Waals surface area (Å²) < 4.78 is 5.21. The van der Waals surface area contributed by atoms with Gasteiger partial charge in [-0.15, -0.1) is 0 Å². The van der Waals surface area contributed by atoms with Crippen LogP contribution < -0.4 is 10.1 Å². The first-order valence-corrected chi connectivity index (χ1v) is 7.47. The number of oxime groups is 1. The highest BCUT2D eigenvalue weighted by molar-refractivity contribution is 6.31. The predicted molar refractivity (Wildman–Crippen MR) is 89.1 cm³/mol. The summed E-state index contributed by atoms with van der Waals surface area (Å²) in [6, 6.07) is 14.6. The van der Waals surface area contributed by atoms with Gasteiger partial charge in [0.05, 0.1) is 18.5 Å². The van der Waals surface area contributed by atoms with Crippen LogP contribution in [0.3, 0.4) is 0 Å². The summed E-state index contributed by atoms with van der Waals surface area (Å²) in [7, 11) is 1.53. The average molecular weight is 331 g/mol. The molecular formula is C17H15ClN2O3. The van der Waals surface area contributed by atoms with Crippen molar-refractivity contribution in [2.45, 2.75) is 12.5 Å². The van der Waals surface area contributed by atoms with Gasteiger partial charge in [0.15, 0.2) is 0 Å². The molecule has 2 aromatic carbocycles. The minimum atomic E-state index is -0.672. The fourth-order valence-corrected chi connectivity index (χ4v) is 2.48. The van der Waals surface area contributed by atoms with E-state index in [0.717, 1.165) is 11.3 Å². The molecule has 3 rings (SSSR count). The van der Waals surface area contributed by atoms with Gasteiger partial charge in [0, 0.05) is 11.4 Å². The molecule has 0 bridgehead atoms. The third-order valence-electron chi connectivity index (χ3n) is 3.49. The van der Waals surface area contributed by atoms with E-state index in [2.05, 4.69) is 10.5 Å². The summed E-state index contributed by atoms with van der Waals surface area (Å²) in [4.78, 5) is 17.6. The quantitative estimate of drug-likeness (QED) is 0.933. The van der Waals surface area contributed by atoms with Gasteiger partial charge in [-0.1, -0.05) is 47.1 Å². The van der Waals surface area contributed by atoms with Crippen molar-refractivity contribution in [2.75, 3.05) is 12.4 Å². The minimum Gasteiger partial charge on any atom is -0.495 e. The van der Waals surface area contributed by atoms with Gasteiger partial charge < -0.3 is 14.9 Å². The smallest absolute Gasteiger partial charge is 0.268 e. The number of rotatable bonds is 4. The van der Waals surface area contributed by atoms with Gasteiger partial charge in [0.1, 0.15) is 5.75 Å². The number of benzene rings is 2. The Labute approximate surface area is 138 Å². The van der Waals surface area contributed by atoms with Crippen LogP contribution in [0.25, 0.3) is 0 Å². The van der Waals surface area contributed by atoms with Crippen molar-refractivity contribution in [3.05, 3.63) is 59.1 Å². The van der Waals surface area contributed by atoms with Gasteiger partial charge in [-0.3, -0.25) is 4.79 Å². The zero-order valence-corrected chi connectivity index (χ0v) is 13.2. The lowest BCUT2D eigenvalue weighted by atomic mass is 10.0. The van der Waals surface area contributed by atoms with Crippen LogP contribution in [0.5, 0.6) is 5.75 Å². The highest BCUT2D eigenvalue weighted by atomic mass is 35.5. The predicted octanol–water partition coefficient (Wildman–Crippen LogP) is 3.48. The van der Waals surface area contributed by atoms with Gasteiger partial charge in [0.25, 0.3) is 5.91 Å². The largest absolute Gasteiger partial charge is 0.495 e. The molecule has 1 aliphatic heterocycles. The number of amides is 1. The monoisotopic (exact) mass is 330 g/mol. The number of nitrogens with one attached hydrogen (secondary N) is 1. The Morgan fingerprint density at radius 2 is 2.09 bits per heavy atom. The lowest BCUT2D eigenvalue weighted by molar-refractivity contribution is -0.125. The van der Waals surface area contributed by atoms with Crippen molar-refractivity contribution < 1.29 is 14.4 Å². The standard InChI is InChI=1S/C17H15ClN2O3/c1-22-15-8-7-12(18)9-14(15)19-17(21)16-10-13(20-23-16)11-5-3-2-4-6-11/h2-9,16H,10H2,1H3,(H,19,21)/t16-/m1/s1. The summed E-state index contributed by atoms with van der Waals surface area (Å²) >= 11 is 5.96. The Morgan fingerprint density at radius 1 is 1.30 bits per heavy atom. The number of hydrogen-bond acceptors (Lipinski definition) is 4. The van der Waals surface area contributed by atoms with Crippen LogP contribution >= 0.6 is 11.6 Å². The van der Waals surface area contributed by atoms with Crippen LogP contribution in [0.2, 0.25) is 5.02 Å². The molecule has 0 unspecified atom stereocenters. The number of carbonyl (C=O) groups is 1. The molecule has 0 saturated carbocycles. The summed E-state index contributed by atoms with van der Waals surface area (Å²) in [6.07, 6.45) is -0.257. The van der Waals surface area contributed by atoms with Gasteiger partial charge in [-0.25, -0.2) is 0 Å². The molecule has 1 amide bonds. The van der Waals surface area contributed by atoms with E-state index in [1.54, 1.807) is 18.2 Å². The molecular weight excluding hydrogens is 316 g/mol. The van der Waals surface area contributed by atoms with E-state index in [-0.39, 0.29) is 5.91 Å². The van der Waals surface area contributed by atoms with Crippen molar-refractivity contribution >= 4 is 28.9 Å². The molecule has 5 nitrogen and oxygen atoms in total. The first-order valence-electron chi connectivity index (χ1n) is 7.10. The molecule has 0 spiro atoms. The first-order chi connectivity index (χ1) is 11.2. The van der Waals surface area contributed by atoms with Crippen LogP contribution in [0.4, 0.5) is 5.69 Å². The molecule has 1 aliphatic rings. The molecule has 1 heterocycles. The van der Waals surface area contributed by atoms with Crippen LogP contribution in [0, 0.1) is 0 Å². The SMILES string of the molecule is COc1ccc(Cl)cc1NC(=O)[C@H]1CC(c2ccccc2)=NO1. The zero-order chi connectivity index (χ0) is 16.2. The molecule has 0 saturated heterocycles. The highest BCUT2D eigenvalue weighted by Gasteiger charge is 2.29. The highest BCUT2D eigenvalue weighted by Crippen LogP contribution is 2.28. The Hall–Kier alpha value is -2.53. The molecule has 118 valence electrons. The Kier molecular flexibility index (Phi) is 4.48. The third kappa shape index (κ3) is 3.46. The van der Waals surface area contributed by atoms with Crippen molar-refractivity contribution in [1.82, 2.24) is 0 Å². The van der Waals surface area contributed by atoms with Crippen molar-refractivity contribution in [1.29, 1.82) is 0 Å². The van der Waals surface area contributed by atoms with E-state index < -0.39 is 6.10 Å². The zero-order valence-electron chi connectivity index (χ0n) is 12.5. The molecule has 2 aromatic rings. The average Bonchev–Trinajstić information content (AvgIpc) is 3.06. The van der Waals surface area contributed by atoms with E-state index in [1.807, 2.05) is 30.3 Å². The number of nitrogens with zero attached hydrogens (tertiary/aromatic N) is 1. The molecule has 0 aliphatic carbocycles. The van der Waals surface area contributed by atoms with Crippen molar-refractivity contribution in [3.63, 3.8) is 0 Å². The minimum absolute atomic E-state index is 0.291. The summed E-state index contributed by atoms with van der Waals surface area (Å²) in [5.74, 6) is 0.241. The van der Waals surface area contributed by atoms with Crippen LogP contribution in [-0.4, -0.2) is 24.8 Å². The molecule has 1 N–H and O–H groups in total. The number of carbonyl (C=O) groups excluding carboxylic acids is 1. The van der Waals surface area contributed by atoms with Crippen LogP contribution in [0.15, 0.2) is 53.7 Å². The van der Waals surface area contributed by atoms with Gasteiger partial charge in [0.2, 0.25) is 6.10 Å². The maximum absolute atomic E-state index is 12.4. The molecule has 0 fully saturated rings. The maximum Gasteiger partial charge on any atom is 0.268 e. The number of hydrogen-bond donors (Lipinski definition) is 1. The fourth-order valence-electron chi connectivity index (χ4n) is 2.31. The molecule has 23 heavy (non-hydrogen) atoms. The van der Waals surface area contributed by atoms with Gasteiger partial charge in [-0.2, -0.15) is 0 Å². The molecule has 6 heteroatoms. The molecule has 1 atom stereocenters. The van der Waals surface area contributed by atoms with Crippen molar-refractivity contribution in [2.24, 2.45) is 5.16 Å². The third-order valence-corrected chi connectivity index (χ3v) is 3.72. The number of methoxy groups -OCH3 is 1. The van der Waals surface area contributed by atoms with E-state index in [9.17, 15) is 4.79 Å². The Bertz CT molecular complexity index is 747.